The van der Waals surface area contributed by atoms with Gasteiger partial charge in [0.05, 0.1) is 5.41 Å². The first-order valence-corrected chi connectivity index (χ1v) is 10.3. The van der Waals surface area contributed by atoms with Crippen molar-refractivity contribution in [1.82, 2.24) is 4.90 Å². The van der Waals surface area contributed by atoms with E-state index in [-0.39, 0.29) is 11.8 Å². The van der Waals surface area contributed by atoms with E-state index < -0.39 is 11.4 Å². The van der Waals surface area contributed by atoms with E-state index in [4.69, 9.17) is 0 Å². The van der Waals surface area contributed by atoms with E-state index in [0.717, 1.165) is 37.3 Å². The average Bonchev–Trinajstić information content (AvgIpc) is 3.36. The van der Waals surface area contributed by atoms with Crippen molar-refractivity contribution >= 4 is 11.7 Å². The summed E-state index contributed by atoms with van der Waals surface area (Å²) in [6.45, 7) is 10.7. The summed E-state index contributed by atoms with van der Waals surface area (Å²) in [5, 5.41) is 9.89. The summed E-state index contributed by atoms with van der Waals surface area (Å²) in [4.78, 5) is 17.0. The Morgan fingerprint density at radius 3 is 1.96 bits per heavy atom. The fourth-order valence-electron chi connectivity index (χ4n) is 4.91. The van der Waals surface area contributed by atoms with Crippen molar-refractivity contribution in [2.75, 3.05) is 31.1 Å². The van der Waals surface area contributed by atoms with Crippen molar-refractivity contribution < 1.29 is 9.90 Å². The molecule has 1 aliphatic carbocycles. The zero-order valence-corrected chi connectivity index (χ0v) is 17.0. The highest BCUT2D eigenvalue weighted by Crippen LogP contribution is 2.70. The van der Waals surface area contributed by atoms with Crippen molar-refractivity contribution in [3.05, 3.63) is 65.7 Å². The molecular weight excluding hydrogens is 348 g/mol. The maximum absolute atomic E-state index is 12.0. The van der Waals surface area contributed by atoms with Gasteiger partial charge in [-0.1, -0.05) is 42.5 Å². The third kappa shape index (κ3) is 3.20. The van der Waals surface area contributed by atoms with Crippen LogP contribution in [0.25, 0.3) is 0 Å². The minimum Gasteiger partial charge on any atom is -0.481 e. The lowest BCUT2D eigenvalue weighted by molar-refractivity contribution is -0.143. The molecule has 0 aromatic heterocycles. The second-order valence-electron chi connectivity index (χ2n) is 8.66. The van der Waals surface area contributed by atoms with Crippen molar-refractivity contribution in [3.8, 4) is 0 Å². The highest BCUT2D eigenvalue weighted by atomic mass is 16.4. The summed E-state index contributed by atoms with van der Waals surface area (Å²) < 4.78 is 0. The molecule has 2 aliphatic rings. The van der Waals surface area contributed by atoms with Crippen LogP contribution in [0.3, 0.4) is 0 Å². The van der Waals surface area contributed by atoms with Gasteiger partial charge in [0.25, 0.3) is 0 Å². The third-order valence-corrected chi connectivity index (χ3v) is 6.80. The van der Waals surface area contributed by atoms with Gasteiger partial charge in [0.1, 0.15) is 0 Å². The fourth-order valence-corrected chi connectivity index (χ4v) is 4.91. The molecule has 3 unspecified atom stereocenters. The molecular formula is C24H30N2O2. The van der Waals surface area contributed by atoms with E-state index in [2.05, 4.69) is 60.0 Å². The van der Waals surface area contributed by atoms with Crippen LogP contribution in [-0.2, 0) is 4.79 Å². The van der Waals surface area contributed by atoms with Crippen LogP contribution >= 0.6 is 0 Å². The Bertz CT molecular complexity index is 825. The molecule has 0 bridgehead atoms. The highest BCUT2D eigenvalue weighted by molar-refractivity contribution is 5.83. The SMILES string of the molecule is CC(C)N1CCN(c2ccc(C3C(c4ccccc4)C3(C)C(=O)O)cc2)CC1. The number of aliphatic carboxylic acids is 1. The zero-order chi connectivity index (χ0) is 19.9. The summed E-state index contributed by atoms with van der Waals surface area (Å²) in [6.07, 6.45) is 0. The van der Waals surface area contributed by atoms with Crippen LogP contribution in [-0.4, -0.2) is 48.2 Å². The van der Waals surface area contributed by atoms with Crippen LogP contribution in [0, 0.1) is 5.41 Å². The molecule has 4 heteroatoms. The van der Waals surface area contributed by atoms with Gasteiger partial charge in [-0.3, -0.25) is 9.69 Å². The lowest BCUT2D eigenvalue weighted by Gasteiger charge is -2.38. The quantitative estimate of drug-likeness (QED) is 0.847. The van der Waals surface area contributed by atoms with Crippen molar-refractivity contribution in [3.63, 3.8) is 0 Å². The predicted octanol–water partition coefficient (Wildman–Crippen LogP) is 4.19. The number of carboxylic acid groups (broad SMARTS) is 1. The lowest BCUT2D eigenvalue weighted by atomic mass is 10.0. The molecule has 1 saturated heterocycles. The Morgan fingerprint density at radius 1 is 0.929 bits per heavy atom. The van der Waals surface area contributed by atoms with Crippen LogP contribution in [0.2, 0.25) is 0 Å². The number of hydrogen-bond acceptors (Lipinski definition) is 3. The molecule has 1 aliphatic heterocycles. The molecule has 28 heavy (non-hydrogen) atoms. The lowest BCUT2D eigenvalue weighted by Crippen LogP contribution is -2.48. The van der Waals surface area contributed by atoms with E-state index in [0.29, 0.717) is 6.04 Å². The molecule has 0 spiro atoms. The Balaban J connectivity index is 1.51. The molecule has 1 saturated carbocycles. The van der Waals surface area contributed by atoms with E-state index in [1.165, 1.54) is 5.69 Å². The minimum absolute atomic E-state index is 0.0271. The molecule has 2 aromatic rings. The molecule has 148 valence electrons. The molecule has 4 rings (SSSR count). The van der Waals surface area contributed by atoms with Gasteiger partial charge in [-0.05, 0) is 44.0 Å². The predicted molar refractivity (Wildman–Crippen MR) is 113 cm³/mol. The van der Waals surface area contributed by atoms with Gasteiger partial charge < -0.3 is 10.0 Å². The number of hydrogen-bond donors (Lipinski definition) is 1. The van der Waals surface area contributed by atoms with E-state index in [1.54, 1.807) is 0 Å². The number of benzene rings is 2. The van der Waals surface area contributed by atoms with Crippen LogP contribution in [0.1, 0.15) is 43.7 Å². The molecule has 1 N–H and O–H groups in total. The number of carbonyl (C=O) groups is 1. The zero-order valence-electron chi connectivity index (χ0n) is 17.0. The van der Waals surface area contributed by atoms with E-state index >= 15 is 0 Å². The number of anilines is 1. The Labute approximate surface area is 167 Å². The van der Waals surface area contributed by atoms with Crippen molar-refractivity contribution in [1.29, 1.82) is 0 Å². The van der Waals surface area contributed by atoms with Gasteiger partial charge in [0, 0.05) is 49.7 Å². The summed E-state index contributed by atoms with van der Waals surface area (Å²) in [6, 6.07) is 19.3. The second-order valence-corrected chi connectivity index (χ2v) is 8.66. The van der Waals surface area contributed by atoms with Gasteiger partial charge in [-0.25, -0.2) is 0 Å². The van der Waals surface area contributed by atoms with E-state index in [1.807, 2.05) is 25.1 Å². The molecule has 3 atom stereocenters. The van der Waals surface area contributed by atoms with E-state index in [9.17, 15) is 9.90 Å². The topological polar surface area (TPSA) is 43.8 Å². The fraction of sp³-hybridized carbons (Fsp3) is 0.458. The third-order valence-electron chi connectivity index (χ3n) is 6.80. The largest absolute Gasteiger partial charge is 0.481 e. The first-order chi connectivity index (χ1) is 13.4. The van der Waals surface area contributed by atoms with Crippen LogP contribution in [0.4, 0.5) is 5.69 Å². The number of piperazine rings is 1. The molecule has 0 amide bonds. The van der Waals surface area contributed by atoms with Crippen LogP contribution in [0.15, 0.2) is 54.6 Å². The summed E-state index contributed by atoms with van der Waals surface area (Å²) in [7, 11) is 0. The molecule has 2 aromatic carbocycles. The minimum atomic E-state index is -0.730. The van der Waals surface area contributed by atoms with Crippen molar-refractivity contribution in [2.45, 2.75) is 38.6 Å². The van der Waals surface area contributed by atoms with Gasteiger partial charge in [-0.2, -0.15) is 0 Å². The Morgan fingerprint density at radius 2 is 1.46 bits per heavy atom. The van der Waals surface area contributed by atoms with Gasteiger partial charge >= 0.3 is 5.97 Å². The maximum atomic E-state index is 12.0. The monoisotopic (exact) mass is 378 g/mol. The second kappa shape index (κ2) is 7.25. The maximum Gasteiger partial charge on any atom is 0.310 e. The summed E-state index contributed by atoms with van der Waals surface area (Å²) >= 11 is 0. The molecule has 4 nitrogen and oxygen atoms in total. The van der Waals surface area contributed by atoms with Crippen LogP contribution < -0.4 is 4.90 Å². The first-order valence-electron chi connectivity index (χ1n) is 10.3. The smallest absolute Gasteiger partial charge is 0.310 e. The van der Waals surface area contributed by atoms with Gasteiger partial charge in [0.2, 0.25) is 0 Å². The number of nitrogens with zero attached hydrogens (tertiary/aromatic N) is 2. The standard InChI is InChI=1S/C24H30N2O2/c1-17(2)25-13-15-26(16-14-25)20-11-9-19(10-12-20)22-21(24(22,3)23(27)28)18-7-5-4-6-8-18/h4-12,17,21-22H,13-16H2,1-3H3,(H,27,28). The van der Waals surface area contributed by atoms with Crippen LogP contribution in [0.5, 0.6) is 0 Å². The molecule has 2 fully saturated rings. The molecule has 1 heterocycles. The average molecular weight is 379 g/mol. The van der Waals surface area contributed by atoms with Crippen molar-refractivity contribution in [2.24, 2.45) is 5.41 Å². The number of rotatable bonds is 5. The highest BCUT2D eigenvalue weighted by Gasteiger charge is 2.67. The number of carboxylic acids is 1. The Kier molecular flexibility index (Phi) is 4.92. The Hall–Kier alpha value is -2.33. The normalized spacial score (nSPS) is 27.8. The van der Waals surface area contributed by atoms with Gasteiger partial charge in [0.15, 0.2) is 0 Å². The van der Waals surface area contributed by atoms with Gasteiger partial charge in [-0.15, -0.1) is 0 Å². The summed E-state index contributed by atoms with van der Waals surface area (Å²) in [5.74, 6) is -0.647. The summed E-state index contributed by atoms with van der Waals surface area (Å²) in [5.41, 5.74) is 2.75. The first kappa shape index (κ1) is 19.0. The molecule has 0 radical (unpaired) electrons.